The second-order valence-electron chi connectivity index (χ2n) is 6.29. The van der Waals surface area contributed by atoms with Crippen molar-refractivity contribution in [2.75, 3.05) is 40.5 Å². The number of nitrogens with zero attached hydrogens (tertiary/aromatic N) is 1. The van der Waals surface area contributed by atoms with Crippen LogP contribution in [-0.4, -0.2) is 63.3 Å². The number of amides is 2. The third-order valence-electron chi connectivity index (χ3n) is 4.04. The number of rotatable bonds is 12. The smallest absolute Gasteiger partial charge is 0.259 e. The minimum atomic E-state index is -0.581. The van der Waals surface area contributed by atoms with Gasteiger partial charge in [0.1, 0.15) is 11.9 Å². The van der Waals surface area contributed by atoms with Gasteiger partial charge in [0.15, 0.2) is 6.61 Å². The van der Waals surface area contributed by atoms with Gasteiger partial charge < -0.3 is 24.4 Å². The van der Waals surface area contributed by atoms with E-state index in [1.54, 1.807) is 27.1 Å². The van der Waals surface area contributed by atoms with Crippen LogP contribution in [0, 0.1) is 0 Å². The summed E-state index contributed by atoms with van der Waals surface area (Å²) >= 11 is 0. The summed E-state index contributed by atoms with van der Waals surface area (Å²) in [6, 6.07) is 7.18. The molecular formula is C20H32N2O5. The third-order valence-corrected chi connectivity index (χ3v) is 4.04. The monoisotopic (exact) mass is 380 g/mol. The minimum Gasteiger partial charge on any atom is -0.483 e. The minimum absolute atomic E-state index is 0.0503. The van der Waals surface area contributed by atoms with E-state index in [0.717, 1.165) is 5.56 Å². The lowest BCUT2D eigenvalue weighted by molar-refractivity contribution is -0.133. The molecule has 0 aliphatic rings. The summed E-state index contributed by atoms with van der Waals surface area (Å²) in [5, 5.41) is 2.99. The van der Waals surface area contributed by atoms with Gasteiger partial charge in [0.2, 0.25) is 5.91 Å². The second-order valence-corrected chi connectivity index (χ2v) is 6.29. The molecule has 0 heterocycles. The molecule has 1 rings (SSSR count). The first-order valence-corrected chi connectivity index (χ1v) is 9.32. The summed E-state index contributed by atoms with van der Waals surface area (Å²) in [5.41, 5.74) is 0.835. The summed E-state index contributed by atoms with van der Waals surface area (Å²) in [5.74, 6) is 0.264. The largest absolute Gasteiger partial charge is 0.483 e. The molecule has 0 saturated heterocycles. The number of carbonyl (C=O) groups is 2. The van der Waals surface area contributed by atoms with E-state index >= 15 is 0 Å². The summed E-state index contributed by atoms with van der Waals surface area (Å²) in [7, 11) is 3.36. The van der Waals surface area contributed by atoms with E-state index in [-0.39, 0.29) is 24.5 Å². The Bertz CT molecular complexity index is 591. The molecule has 0 bridgehead atoms. The number of para-hydroxylation sites is 1. The van der Waals surface area contributed by atoms with Gasteiger partial charge in [-0.05, 0) is 26.3 Å². The summed E-state index contributed by atoms with van der Waals surface area (Å²) in [6.45, 7) is 7.00. The highest BCUT2D eigenvalue weighted by Crippen LogP contribution is 2.27. The Hall–Kier alpha value is -2.12. The van der Waals surface area contributed by atoms with Crippen molar-refractivity contribution in [1.29, 1.82) is 0 Å². The summed E-state index contributed by atoms with van der Waals surface area (Å²) < 4.78 is 16.4. The van der Waals surface area contributed by atoms with Gasteiger partial charge in [0.25, 0.3) is 5.91 Å². The molecule has 0 aliphatic carbocycles. The molecule has 27 heavy (non-hydrogen) atoms. The van der Waals surface area contributed by atoms with Gasteiger partial charge >= 0.3 is 0 Å². The lowest BCUT2D eigenvalue weighted by atomic mass is 10.0. The number of nitrogens with one attached hydrogen (secondary N) is 1. The van der Waals surface area contributed by atoms with E-state index in [9.17, 15) is 9.59 Å². The van der Waals surface area contributed by atoms with E-state index < -0.39 is 6.10 Å². The Morgan fingerprint density at radius 1 is 1.15 bits per heavy atom. The van der Waals surface area contributed by atoms with Crippen LogP contribution in [0.5, 0.6) is 5.75 Å². The summed E-state index contributed by atoms with van der Waals surface area (Å²) in [6.07, 6.45) is 0.0993. The predicted octanol–water partition coefficient (Wildman–Crippen LogP) is 2.16. The molecule has 152 valence electrons. The molecule has 0 aliphatic heterocycles. The normalized spacial score (nSPS) is 12.9. The maximum Gasteiger partial charge on any atom is 0.259 e. The second kappa shape index (κ2) is 12.3. The van der Waals surface area contributed by atoms with Crippen LogP contribution in [0.4, 0.5) is 0 Å². The molecule has 0 spiro atoms. The van der Waals surface area contributed by atoms with Crippen LogP contribution in [0.2, 0.25) is 0 Å². The molecule has 2 amide bonds. The van der Waals surface area contributed by atoms with Crippen LogP contribution in [0.15, 0.2) is 24.3 Å². The van der Waals surface area contributed by atoms with Crippen LogP contribution in [0.1, 0.15) is 38.8 Å². The molecule has 0 fully saturated rings. The van der Waals surface area contributed by atoms with E-state index in [1.807, 2.05) is 32.0 Å². The maximum absolute atomic E-state index is 12.4. The van der Waals surface area contributed by atoms with Gasteiger partial charge in [-0.1, -0.05) is 25.1 Å². The summed E-state index contributed by atoms with van der Waals surface area (Å²) in [4.78, 5) is 25.7. The lowest BCUT2D eigenvalue weighted by Crippen LogP contribution is -2.37. The Morgan fingerprint density at radius 2 is 1.85 bits per heavy atom. The molecule has 7 heteroatoms. The highest BCUT2D eigenvalue weighted by Gasteiger charge is 2.21. The van der Waals surface area contributed by atoms with Crippen LogP contribution in [0.3, 0.4) is 0 Å². The number of likely N-dealkylation sites (N-methyl/N-ethyl adjacent to an activating group) is 1. The Kier molecular flexibility index (Phi) is 10.4. The average molecular weight is 380 g/mol. The quantitative estimate of drug-likeness (QED) is 0.562. The van der Waals surface area contributed by atoms with Gasteiger partial charge in [0, 0.05) is 26.3 Å². The zero-order valence-electron chi connectivity index (χ0n) is 17.0. The van der Waals surface area contributed by atoms with Crippen LogP contribution in [-0.2, 0) is 19.1 Å². The van der Waals surface area contributed by atoms with Gasteiger partial charge in [-0.25, -0.2) is 0 Å². The molecule has 1 aromatic rings. The lowest BCUT2D eigenvalue weighted by Gasteiger charge is -2.23. The molecular weight excluding hydrogens is 348 g/mol. The third kappa shape index (κ3) is 7.97. The maximum atomic E-state index is 12.4. The number of hydrogen-bond acceptors (Lipinski definition) is 5. The van der Waals surface area contributed by atoms with E-state index in [0.29, 0.717) is 32.0 Å². The fourth-order valence-corrected chi connectivity index (χ4v) is 2.36. The number of hydrogen-bond donors (Lipinski definition) is 1. The Balaban J connectivity index is 2.72. The topological polar surface area (TPSA) is 77.1 Å². The standard InChI is InChI=1S/C20H32N2O5/c1-6-17(21-20(24)15(3)26-13-12-25-7-2)16-10-8-9-11-18(16)27-14-19(23)22(4)5/h8-11,15,17H,6-7,12-14H2,1-5H3,(H,21,24). The first-order valence-electron chi connectivity index (χ1n) is 9.32. The fraction of sp³-hybridized carbons (Fsp3) is 0.600. The van der Waals surface area contributed by atoms with Crippen molar-refractivity contribution < 1.29 is 23.8 Å². The van der Waals surface area contributed by atoms with E-state index in [2.05, 4.69) is 5.32 Å². The predicted molar refractivity (Wildman–Crippen MR) is 104 cm³/mol. The van der Waals surface area contributed by atoms with Gasteiger partial charge in [-0.2, -0.15) is 0 Å². The fourth-order valence-electron chi connectivity index (χ4n) is 2.36. The highest BCUT2D eigenvalue weighted by atomic mass is 16.5. The van der Waals surface area contributed by atoms with Gasteiger partial charge in [-0.15, -0.1) is 0 Å². The number of carbonyl (C=O) groups excluding carboxylic acids is 2. The molecule has 0 aromatic heterocycles. The number of ether oxygens (including phenoxy) is 3. The van der Waals surface area contributed by atoms with E-state index in [1.165, 1.54) is 4.90 Å². The molecule has 1 aromatic carbocycles. The molecule has 2 atom stereocenters. The first-order chi connectivity index (χ1) is 12.9. The Morgan fingerprint density at radius 3 is 2.48 bits per heavy atom. The van der Waals surface area contributed by atoms with Crippen LogP contribution in [0.25, 0.3) is 0 Å². The zero-order chi connectivity index (χ0) is 20.2. The van der Waals surface area contributed by atoms with Crippen LogP contribution >= 0.6 is 0 Å². The molecule has 0 radical (unpaired) electrons. The zero-order valence-corrected chi connectivity index (χ0v) is 17.0. The van der Waals surface area contributed by atoms with E-state index in [4.69, 9.17) is 14.2 Å². The molecule has 7 nitrogen and oxygen atoms in total. The van der Waals surface area contributed by atoms with Crippen molar-refractivity contribution >= 4 is 11.8 Å². The average Bonchev–Trinajstić information content (AvgIpc) is 2.67. The van der Waals surface area contributed by atoms with Gasteiger partial charge in [-0.3, -0.25) is 9.59 Å². The Labute approximate surface area is 162 Å². The van der Waals surface area contributed by atoms with Crippen molar-refractivity contribution in [3.63, 3.8) is 0 Å². The van der Waals surface area contributed by atoms with Crippen molar-refractivity contribution in [3.05, 3.63) is 29.8 Å². The van der Waals surface area contributed by atoms with Crippen molar-refractivity contribution in [2.45, 2.75) is 39.3 Å². The first kappa shape index (κ1) is 22.9. The van der Waals surface area contributed by atoms with Crippen molar-refractivity contribution in [1.82, 2.24) is 10.2 Å². The molecule has 2 unspecified atom stereocenters. The SMILES string of the molecule is CCOCCOC(C)C(=O)NC(CC)c1ccccc1OCC(=O)N(C)C. The molecule has 1 N–H and O–H groups in total. The molecule has 0 saturated carbocycles. The van der Waals surface area contributed by atoms with Crippen molar-refractivity contribution in [3.8, 4) is 5.75 Å². The van der Waals surface area contributed by atoms with Crippen molar-refractivity contribution in [2.24, 2.45) is 0 Å². The number of benzene rings is 1. The highest BCUT2D eigenvalue weighted by molar-refractivity contribution is 5.81. The van der Waals surface area contributed by atoms with Crippen LogP contribution < -0.4 is 10.1 Å². The van der Waals surface area contributed by atoms with Gasteiger partial charge in [0.05, 0.1) is 19.3 Å².